The van der Waals surface area contributed by atoms with Gasteiger partial charge >= 0.3 is 5.97 Å². The monoisotopic (exact) mass is 652 g/mol. The fraction of sp³-hybridized carbons (Fsp3) is 0.0690. The second-order valence-corrected chi connectivity index (χ2v) is 11.1. The zero-order valence-electron chi connectivity index (χ0n) is 23.9. The van der Waals surface area contributed by atoms with Crippen LogP contribution in [0, 0.1) is 18.4 Å². The van der Waals surface area contributed by atoms with Crippen molar-refractivity contribution in [3.63, 3.8) is 0 Å². The first-order chi connectivity index (χ1) is 22.4. The normalized spacial score (nSPS) is 15.3. The quantitative estimate of drug-likeness (QED) is 0.0820. The maximum atomic E-state index is 12.3. The number of benzene rings is 4. The summed E-state index contributed by atoms with van der Waals surface area (Å²) in [5.41, 5.74) is 2.57. The van der Waals surface area contributed by atoms with Crippen LogP contribution in [-0.4, -0.2) is 47.9 Å². The van der Waals surface area contributed by atoms with Crippen LogP contribution in [0.5, 0.6) is 0 Å². The molecule has 5 rings (SSSR count). The van der Waals surface area contributed by atoms with Crippen LogP contribution in [0.2, 0.25) is 0 Å². The summed E-state index contributed by atoms with van der Waals surface area (Å²) >= 11 is 0. The minimum Gasteiger partial charge on any atom is -0.478 e. The van der Waals surface area contributed by atoms with Gasteiger partial charge in [0.05, 0.1) is 38.9 Å². The van der Waals surface area contributed by atoms with Crippen molar-refractivity contribution >= 4 is 73.1 Å². The maximum absolute atomic E-state index is 12.3. The lowest BCUT2D eigenvalue weighted by Crippen LogP contribution is -2.58. The summed E-state index contributed by atoms with van der Waals surface area (Å²) in [4.78, 5) is 38.5. The number of carboxylic acids is 1. The van der Waals surface area contributed by atoms with E-state index in [9.17, 15) is 27.4 Å². The lowest BCUT2D eigenvalue weighted by atomic mass is 10.1. The predicted octanol–water partition coefficient (Wildman–Crippen LogP) is 5.46. The van der Waals surface area contributed by atoms with Crippen LogP contribution >= 0.6 is 0 Å². The van der Waals surface area contributed by atoms with Crippen LogP contribution in [0.4, 0.5) is 28.4 Å². The molecular formula is C29H20N10O7S. The van der Waals surface area contributed by atoms with Gasteiger partial charge in [-0.05, 0) is 79.2 Å². The average molecular weight is 653 g/mol. The Morgan fingerprint density at radius 2 is 1.38 bits per heavy atom. The van der Waals surface area contributed by atoms with Gasteiger partial charge in [0.2, 0.25) is 18.2 Å². The third kappa shape index (κ3) is 7.39. The van der Waals surface area contributed by atoms with Gasteiger partial charge in [-0.15, -0.1) is 10.1 Å². The molecule has 0 radical (unpaired) electrons. The molecule has 0 aliphatic carbocycles. The van der Waals surface area contributed by atoms with Crippen molar-refractivity contribution in [2.75, 3.05) is 0 Å². The van der Waals surface area contributed by atoms with Gasteiger partial charge < -0.3 is 5.11 Å². The van der Waals surface area contributed by atoms with E-state index in [0.29, 0.717) is 28.0 Å². The van der Waals surface area contributed by atoms with Crippen molar-refractivity contribution in [2.45, 2.75) is 17.9 Å². The van der Waals surface area contributed by atoms with E-state index >= 15 is 0 Å². The summed E-state index contributed by atoms with van der Waals surface area (Å²) in [7, 11) is -4.60. The number of hydrogen-bond donors (Lipinski definition) is 4. The fourth-order valence-corrected chi connectivity index (χ4v) is 4.70. The van der Waals surface area contributed by atoms with Gasteiger partial charge in [-0.3, -0.25) is 24.8 Å². The molecule has 0 spiro atoms. The average Bonchev–Trinajstić information content (AvgIpc) is 3.03. The highest BCUT2D eigenvalue weighted by Gasteiger charge is 2.33. The molecule has 1 aliphatic heterocycles. The number of nitriles is 1. The molecule has 0 saturated carbocycles. The Morgan fingerprint density at radius 3 is 2.00 bits per heavy atom. The van der Waals surface area contributed by atoms with Crippen molar-refractivity contribution in [3.8, 4) is 6.19 Å². The van der Waals surface area contributed by atoms with Gasteiger partial charge in [0.15, 0.2) is 0 Å². The number of fused-ring (bicyclic) bond motifs is 1. The number of amides is 2. The highest BCUT2D eigenvalue weighted by molar-refractivity contribution is 7.85. The molecule has 17 nitrogen and oxygen atoms in total. The number of carbonyl (C=O) groups is 3. The lowest BCUT2D eigenvalue weighted by molar-refractivity contribution is -0.131. The SMILES string of the molecule is Cc1cc(N=Nc2ccc(N=NC3C(=O)NC(=NC#N)NC3=O)c3ccc(S(=O)(=O)O)cc23)ccc1N=Nc1ccc(C(=O)O)cc1. The largest absolute Gasteiger partial charge is 0.478 e. The molecule has 47 heavy (non-hydrogen) atoms. The third-order valence-electron chi connectivity index (χ3n) is 6.50. The number of rotatable bonds is 8. The molecule has 1 aliphatic rings. The molecule has 0 bridgehead atoms. The molecule has 4 aromatic carbocycles. The van der Waals surface area contributed by atoms with Crippen molar-refractivity contribution in [2.24, 2.45) is 35.7 Å². The molecule has 1 fully saturated rings. The first kappa shape index (κ1) is 31.8. The number of aliphatic imine (C=N–C) groups is 1. The summed E-state index contributed by atoms with van der Waals surface area (Å²) in [6.45, 7) is 1.78. The zero-order chi connectivity index (χ0) is 33.7. The Balaban J connectivity index is 1.43. The van der Waals surface area contributed by atoms with Crippen molar-refractivity contribution < 1.29 is 32.5 Å². The van der Waals surface area contributed by atoms with Crippen LogP contribution in [0.15, 0.2) is 113 Å². The zero-order valence-corrected chi connectivity index (χ0v) is 24.7. The molecule has 0 atom stereocenters. The van der Waals surface area contributed by atoms with Crippen LogP contribution in [0.25, 0.3) is 10.8 Å². The number of hydrogen-bond acceptors (Lipinski definition) is 13. The Hall–Kier alpha value is -6.58. The lowest BCUT2D eigenvalue weighted by Gasteiger charge is -2.18. The van der Waals surface area contributed by atoms with Crippen LogP contribution < -0.4 is 10.6 Å². The highest BCUT2D eigenvalue weighted by Crippen LogP contribution is 2.37. The van der Waals surface area contributed by atoms with Gasteiger partial charge in [0.1, 0.15) is 0 Å². The van der Waals surface area contributed by atoms with E-state index < -0.39 is 38.8 Å². The number of nitrogens with zero attached hydrogens (tertiary/aromatic N) is 8. The van der Waals surface area contributed by atoms with E-state index in [2.05, 4.69) is 46.3 Å². The summed E-state index contributed by atoms with van der Waals surface area (Å²) in [6.07, 6.45) is 1.44. The van der Waals surface area contributed by atoms with Crippen LogP contribution in [0.1, 0.15) is 15.9 Å². The standard InChI is InChI=1S/C29H20N10O7S/c1-15-12-18(6-9-22(15)36-34-17-4-2-16(3-5-17)28(42)43)35-37-24-11-10-23(20-8-7-19(13-21(20)24)47(44,45)46)38-39-25-26(40)32-29(31-14-30)33-27(25)41/h2-13,25H,1H3,(H,42,43)(H,44,45,46)(H2,31,32,33,40,41). The van der Waals surface area contributed by atoms with Crippen LogP contribution in [-0.2, 0) is 19.7 Å². The number of aromatic carboxylic acids is 1. The van der Waals surface area contributed by atoms with Crippen LogP contribution in [0.3, 0.4) is 0 Å². The van der Waals surface area contributed by atoms with Crippen molar-refractivity contribution in [1.29, 1.82) is 5.26 Å². The molecule has 4 aromatic rings. The molecule has 0 unspecified atom stereocenters. The van der Waals surface area contributed by atoms with E-state index in [0.717, 1.165) is 6.07 Å². The number of carboxylic acid groups (broad SMARTS) is 1. The highest BCUT2D eigenvalue weighted by atomic mass is 32.2. The number of aryl methyl sites for hydroxylation is 1. The van der Waals surface area contributed by atoms with E-state index in [-0.39, 0.29) is 28.3 Å². The summed E-state index contributed by atoms with van der Waals surface area (Å²) in [5.74, 6) is -3.13. The van der Waals surface area contributed by atoms with Gasteiger partial charge in [-0.25, -0.2) is 4.79 Å². The Labute approximate surface area is 264 Å². The second kappa shape index (κ2) is 13.2. The minimum atomic E-state index is -4.60. The second-order valence-electron chi connectivity index (χ2n) is 9.67. The molecular weight excluding hydrogens is 632 g/mol. The Morgan fingerprint density at radius 1 is 0.787 bits per heavy atom. The maximum Gasteiger partial charge on any atom is 0.335 e. The number of nitrogens with one attached hydrogen (secondary N) is 2. The van der Waals surface area contributed by atoms with Crippen molar-refractivity contribution in [1.82, 2.24) is 10.6 Å². The third-order valence-corrected chi connectivity index (χ3v) is 7.35. The Kier molecular flexibility index (Phi) is 8.93. The molecule has 1 saturated heterocycles. The molecule has 1 heterocycles. The number of guanidine groups is 1. The molecule has 18 heteroatoms. The van der Waals surface area contributed by atoms with E-state index in [1.54, 1.807) is 25.1 Å². The summed E-state index contributed by atoms with van der Waals surface area (Å²) in [5, 5.41) is 47.3. The van der Waals surface area contributed by atoms with Gasteiger partial charge in [-0.2, -0.15) is 39.3 Å². The molecule has 2 amide bonds. The first-order valence-corrected chi connectivity index (χ1v) is 14.7. The smallest absolute Gasteiger partial charge is 0.335 e. The van der Waals surface area contributed by atoms with Gasteiger partial charge in [-0.1, -0.05) is 6.07 Å². The molecule has 234 valence electrons. The molecule has 0 aromatic heterocycles. The minimum absolute atomic E-state index is 0.126. The van der Waals surface area contributed by atoms with E-state index in [1.165, 1.54) is 54.7 Å². The molecule has 4 N–H and O–H groups in total. The van der Waals surface area contributed by atoms with Gasteiger partial charge in [0, 0.05) is 10.8 Å². The first-order valence-electron chi connectivity index (χ1n) is 13.2. The van der Waals surface area contributed by atoms with E-state index in [4.69, 9.17) is 10.4 Å². The van der Waals surface area contributed by atoms with E-state index in [1.807, 2.05) is 0 Å². The summed E-state index contributed by atoms with van der Waals surface area (Å²) < 4.78 is 33.4. The topological polar surface area (TPSA) is 260 Å². The van der Waals surface area contributed by atoms with Gasteiger partial charge in [0.25, 0.3) is 21.9 Å². The number of carbonyl (C=O) groups excluding carboxylic acids is 2. The Bertz CT molecular complexity index is 2200. The summed E-state index contributed by atoms with van der Waals surface area (Å²) in [6, 6.07) is 15.8. The van der Waals surface area contributed by atoms with Crippen molar-refractivity contribution in [3.05, 3.63) is 83.9 Å². The predicted molar refractivity (Wildman–Crippen MR) is 164 cm³/mol. The fourth-order valence-electron chi connectivity index (χ4n) is 4.19. The number of azo groups is 3.